The van der Waals surface area contributed by atoms with Gasteiger partial charge in [0.05, 0.1) is 7.11 Å². The first-order valence-electron chi connectivity index (χ1n) is 7.17. The highest BCUT2D eigenvalue weighted by Crippen LogP contribution is 2.29. The lowest BCUT2D eigenvalue weighted by atomic mass is 10.1. The summed E-state index contributed by atoms with van der Waals surface area (Å²) in [6.45, 7) is 2.86. The lowest BCUT2D eigenvalue weighted by Gasteiger charge is -2.22. The van der Waals surface area contributed by atoms with Crippen LogP contribution in [0, 0.1) is 0 Å². The molecule has 3 heteroatoms. The van der Waals surface area contributed by atoms with Gasteiger partial charge >= 0.3 is 0 Å². The van der Waals surface area contributed by atoms with E-state index in [1.54, 1.807) is 7.11 Å². The maximum absolute atomic E-state index is 12.2. The Kier molecular flexibility index (Phi) is 4.83. The summed E-state index contributed by atoms with van der Waals surface area (Å²) in [6, 6.07) is 8.47. The van der Waals surface area contributed by atoms with Crippen LogP contribution in [0.2, 0.25) is 0 Å². The van der Waals surface area contributed by atoms with Crippen LogP contribution in [-0.2, 0) is 11.3 Å². The first-order valence-corrected chi connectivity index (χ1v) is 7.17. The van der Waals surface area contributed by atoms with Crippen molar-refractivity contribution in [1.82, 2.24) is 4.90 Å². The van der Waals surface area contributed by atoms with E-state index in [-0.39, 0.29) is 0 Å². The minimum atomic E-state index is 0.306. The van der Waals surface area contributed by atoms with Gasteiger partial charge in [-0.15, -0.1) is 0 Å². The van der Waals surface area contributed by atoms with Crippen LogP contribution in [0.1, 0.15) is 44.6 Å². The van der Waals surface area contributed by atoms with Crippen LogP contribution in [0.4, 0.5) is 0 Å². The summed E-state index contributed by atoms with van der Waals surface area (Å²) in [7, 11) is 1.67. The van der Waals surface area contributed by atoms with Crippen LogP contribution < -0.4 is 4.74 Å². The number of nitrogens with zero attached hydrogens (tertiary/aromatic N) is 1. The third-order valence-corrected chi connectivity index (χ3v) is 3.56. The van der Waals surface area contributed by atoms with Crippen molar-refractivity contribution >= 4 is 5.91 Å². The first kappa shape index (κ1) is 13.9. The van der Waals surface area contributed by atoms with Crippen LogP contribution in [0.5, 0.6) is 5.75 Å². The molecule has 1 aliphatic rings. The number of carbonyl (C=O) groups is 1. The Labute approximate surface area is 115 Å². The largest absolute Gasteiger partial charge is 0.497 e. The zero-order valence-corrected chi connectivity index (χ0v) is 11.9. The van der Waals surface area contributed by atoms with Crippen LogP contribution in [0.15, 0.2) is 24.3 Å². The molecule has 1 saturated carbocycles. The molecule has 1 amide bonds. The standard InChI is InChI=1S/C16H23NO2/c1-3-4-5-16(18)17(14-8-9-14)12-13-6-10-15(19-2)11-7-13/h6-7,10-11,14H,3-5,8-9,12H2,1-2H3. The highest BCUT2D eigenvalue weighted by molar-refractivity contribution is 5.76. The molecule has 104 valence electrons. The van der Waals surface area contributed by atoms with Gasteiger partial charge in [-0.1, -0.05) is 25.5 Å². The van der Waals surface area contributed by atoms with Crippen LogP contribution in [0.3, 0.4) is 0 Å². The highest BCUT2D eigenvalue weighted by atomic mass is 16.5. The third-order valence-electron chi connectivity index (χ3n) is 3.56. The topological polar surface area (TPSA) is 29.5 Å². The number of ether oxygens (including phenoxy) is 1. The molecule has 0 bridgehead atoms. The molecule has 19 heavy (non-hydrogen) atoms. The zero-order chi connectivity index (χ0) is 13.7. The molecule has 2 rings (SSSR count). The van der Waals surface area contributed by atoms with E-state index >= 15 is 0 Å². The molecule has 0 saturated heterocycles. The zero-order valence-electron chi connectivity index (χ0n) is 11.9. The number of hydrogen-bond acceptors (Lipinski definition) is 2. The molecule has 0 atom stereocenters. The molecule has 1 aromatic rings. The normalized spacial score (nSPS) is 14.2. The number of carbonyl (C=O) groups excluding carboxylic acids is 1. The first-order chi connectivity index (χ1) is 9.24. The molecule has 0 spiro atoms. The second kappa shape index (κ2) is 6.60. The monoisotopic (exact) mass is 261 g/mol. The fourth-order valence-electron chi connectivity index (χ4n) is 2.21. The van der Waals surface area contributed by atoms with E-state index in [4.69, 9.17) is 4.74 Å². The summed E-state index contributed by atoms with van der Waals surface area (Å²) in [4.78, 5) is 14.3. The van der Waals surface area contributed by atoms with Crippen molar-refractivity contribution in [2.75, 3.05) is 7.11 Å². The Morgan fingerprint density at radius 3 is 2.53 bits per heavy atom. The van der Waals surface area contributed by atoms with Crippen LogP contribution in [-0.4, -0.2) is 24.0 Å². The van der Waals surface area contributed by atoms with E-state index in [1.807, 2.05) is 24.3 Å². The van der Waals surface area contributed by atoms with Crippen molar-refractivity contribution in [1.29, 1.82) is 0 Å². The smallest absolute Gasteiger partial charge is 0.223 e. The quantitative estimate of drug-likeness (QED) is 0.753. The number of hydrogen-bond donors (Lipinski definition) is 0. The van der Waals surface area contributed by atoms with Crippen LogP contribution >= 0.6 is 0 Å². The maximum Gasteiger partial charge on any atom is 0.223 e. The van der Waals surface area contributed by atoms with Gasteiger partial charge in [0.1, 0.15) is 5.75 Å². The lowest BCUT2D eigenvalue weighted by molar-refractivity contribution is -0.132. The summed E-state index contributed by atoms with van der Waals surface area (Å²) >= 11 is 0. The number of benzene rings is 1. The molecule has 0 unspecified atom stereocenters. The van der Waals surface area contributed by atoms with Crippen molar-refractivity contribution in [3.05, 3.63) is 29.8 Å². The molecule has 0 heterocycles. The maximum atomic E-state index is 12.2. The Balaban J connectivity index is 1.97. The van der Waals surface area contributed by atoms with Gasteiger partial charge in [0.25, 0.3) is 0 Å². The van der Waals surface area contributed by atoms with Crippen molar-refractivity contribution in [2.45, 2.75) is 51.6 Å². The van der Waals surface area contributed by atoms with Gasteiger partial charge in [0, 0.05) is 19.0 Å². The SMILES string of the molecule is CCCCC(=O)N(Cc1ccc(OC)cc1)C1CC1. The summed E-state index contributed by atoms with van der Waals surface area (Å²) < 4.78 is 5.15. The highest BCUT2D eigenvalue weighted by Gasteiger charge is 2.31. The van der Waals surface area contributed by atoms with Crippen molar-refractivity contribution in [2.24, 2.45) is 0 Å². The van der Waals surface area contributed by atoms with E-state index in [0.29, 0.717) is 18.4 Å². The number of unbranched alkanes of at least 4 members (excludes halogenated alkanes) is 1. The molecular formula is C16H23NO2. The molecule has 1 fully saturated rings. The summed E-state index contributed by atoms with van der Waals surface area (Å²) in [5.41, 5.74) is 1.18. The van der Waals surface area contributed by atoms with E-state index in [1.165, 1.54) is 5.56 Å². The Bertz CT molecular complexity index is 409. The predicted octanol–water partition coefficient (Wildman–Crippen LogP) is 3.38. The average Bonchev–Trinajstić information content (AvgIpc) is 3.27. The minimum absolute atomic E-state index is 0.306. The van der Waals surface area contributed by atoms with Gasteiger partial charge in [-0.3, -0.25) is 4.79 Å². The average molecular weight is 261 g/mol. The van der Waals surface area contributed by atoms with Gasteiger partial charge in [-0.2, -0.15) is 0 Å². The van der Waals surface area contributed by atoms with Gasteiger partial charge < -0.3 is 9.64 Å². The van der Waals surface area contributed by atoms with Gasteiger partial charge in [0.15, 0.2) is 0 Å². The summed E-state index contributed by atoms with van der Waals surface area (Å²) in [5, 5.41) is 0. The predicted molar refractivity (Wildman–Crippen MR) is 76.1 cm³/mol. The lowest BCUT2D eigenvalue weighted by Crippen LogP contribution is -2.32. The van der Waals surface area contributed by atoms with Gasteiger partial charge in [0.2, 0.25) is 5.91 Å². The second-order valence-corrected chi connectivity index (χ2v) is 5.20. The molecular weight excluding hydrogens is 238 g/mol. The molecule has 0 N–H and O–H groups in total. The Hall–Kier alpha value is -1.51. The molecule has 1 aromatic carbocycles. The van der Waals surface area contributed by atoms with Gasteiger partial charge in [-0.05, 0) is 37.0 Å². The van der Waals surface area contributed by atoms with Gasteiger partial charge in [-0.25, -0.2) is 0 Å². The Morgan fingerprint density at radius 2 is 2.00 bits per heavy atom. The van der Waals surface area contributed by atoms with E-state index < -0.39 is 0 Å². The van der Waals surface area contributed by atoms with Crippen LogP contribution in [0.25, 0.3) is 0 Å². The molecule has 0 aliphatic heterocycles. The summed E-state index contributed by atoms with van der Waals surface area (Å²) in [6.07, 6.45) is 5.07. The second-order valence-electron chi connectivity index (χ2n) is 5.20. The van der Waals surface area contributed by atoms with Crippen molar-refractivity contribution in [3.63, 3.8) is 0 Å². The Morgan fingerprint density at radius 1 is 1.32 bits per heavy atom. The molecule has 1 aliphatic carbocycles. The van der Waals surface area contributed by atoms with Crippen molar-refractivity contribution in [3.8, 4) is 5.75 Å². The third kappa shape index (κ3) is 3.98. The van der Waals surface area contributed by atoms with Crippen molar-refractivity contribution < 1.29 is 9.53 Å². The number of rotatable bonds is 7. The fraction of sp³-hybridized carbons (Fsp3) is 0.562. The van der Waals surface area contributed by atoms with E-state index in [9.17, 15) is 4.79 Å². The summed E-state index contributed by atoms with van der Waals surface area (Å²) in [5.74, 6) is 1.17. The number of methoxy groups -OCH3 is 1. The molecule has 0 aromatic heterocycles. The molecule has 0 radical (unpaired) electrons. The molecule has 3 nitrogen and oxygen atoms in total. The van der Waals surface area contributed by atoms with E-state index in [0.717, 1.165) is 38.0 Å². The minimum Gasteiger partial charge on any atom is -0.497 e. The number of amides is 1. The van der Waals surface area contributed by atoms with E-state index in [2.05, 4.69) is 11.8 Å². The fourth-order valence-corrected chi connectivity index (χ4v) is 2.21.